The molecule has 0 unspecified atom stereocenters. The highest BCUT2D eigenvalue weighted by molar-refractivity contribution is 14.1. The Labute approximate surface area is 83.7 Å². The van der Waals surface area contributed by atoms with Crippen LogP contribution in [-0.2, 0) is 11.2 Å². The molecule has 4 heteroatoms. The first-order valence-corrected chi connectivity index (χ1v) is 4.43. The Balaban J connectivity index is 2.97. The van der Waals surface area contributed by atoms with E-state index in [2.05, 4.69) is 22.6 Å². The molecule has 12 heavy (non-hydrogen) atoms. The highest BCUT2D eigenvalue weighted by Gasteiger charge is 2.04. The number of carbonyl (C=O) groups is 1. The number of rotatable bonds is 2. The quantitative estimate of drug-likeness (QED) is 0.636. The zero-order valence-corrected chi connectivity index (χ0v) is 8.41. The number of hydrogen-bond donors (Lipinski definition) is 2. The maximum Gasteiger partial charge on any atom is 0.307 e. The standard InChI is InChI=1S/C8H8INO2/c9-6-1-2-7(10)5(3-6)4-8(11)12/h1-3H,4,10H2,(H,11,12). The largest absolute Gasteiger partial charge is 0.481 e. The Morgan fingerprint density at radius 1 is 1.58 bits per heavy atom. The van der Waals surface area contributed by atoms with E-state index in [0.29, 0.717) is 11.3 Å². The van der Waals surface area contributed by atoms with Crippen molar-refractivity contribution in [1.82, 2.24) is 0 Å². The molecule has 1 aromatic carbocycles. The summed E-state index contributed by atoms with van der Waals surface area (Å²) in [4.78, 5) is 10.4. The smallest absolute Gasteiger partial charge is 0.307 e. The molecule has 0 bridgehead atoms. The Morgan fingerprint density at radius 3 is 2.83 bits per heavy atom. The highest BCUT2D eigenvalue weighted by Crippen LogP contribution is 2.15. The topological polar surface area (TPSA) is 63.3 Å². The molecule has 0 fully saturated rings. The molecule has 0 aliphatic rings. The summed E-state index contributed by atoms with van der Waals surface area (Å²) in [5, 5.41) is 8.52. The van der Waals surface area contributed by atoms with E-state index < -0.39 is 5.97 Å². The second-order valence-electron chi connectivity index (χ2n) is 2.41. The van der Waals surface area contributed by atoms with E-state index in [9.17, 15) is 4.79 Å². The van der Waals surface area contributed by atoms with E-state index in [1.54, 1.807) is 12.1 Å². The van der Waals surface area contributed by atoms with Gasteiger partial charge in [0.1, 0.15) is 0 Å². The Morgan fingerprint density at radius 2 is 2.25 bits per heavy atom. The third kappa shape index (κ3) is 2.37. The lowest BCUT2D eigenvalue weighted by Crippen LogP contribution is -2.03. The number of benzene rings is 1. The van der Waals surface area contributed by atoms with Crippen LogP contribution in [0.15, 0.2) is 18.2 Å². The Bertz CT molecular complexity index is 312. The molecule has 1 aromatic rings. The summed E-state index contributed by atoms with van der Waals surface area (Å²) in [5.41, 5.74) is 6.79. The average Bonchev–Trinajstić information content (AvgIpc) is 1.96. The van der Waals surface area contributed by atoms with Gasteiger partial charge in [-0.15, -0.1) is 0 Å². The molecular weight excluding hydrogens is 269 g/mol. The fourth-order valence-electron chi connectivity index (χ4n) is 0.890. The molecule has 1 rings (SSSR count). The van der Waals surface area contributed by atoms with Crippen molar-refractivity contribution in [3.8, 4) is 0 Å². The number of aliphatic carboxylic acids is 1. The molecule has 0 aliphatic heterocycles. The minimum absolute atomic E-state index is 0.0112. The first kappa shape index (κ1) is 9.31. The number of anilines is 1. The number of nitrogen functional groups attached to an aromatic ring is 1. The predicted octanol–water partition coefficient (Wildman–Crippen LogP) is 1.50. The minimum atomic E-state index is -0.858. The normalized spacial score (nSPS) is 9.75. The van der Waals surface area contributed by atoms with E-state index in [1.165, 1.54) is 0 Å². The van der Waals surface area contributed by atoms with E-state index in [0.717, 1.165) is 3.57 Å². The van der Waals surface area contributed by atoms with Crippen LogP contribution in [-0.4, -0.2) is 11.1 Å². The molecule has 0 atom stereocenters. The van der Waals surface area contributed by atoms with Crippen LogP contribution in [0.25, 0.3) is 0 Å². The zero-order chi connectivity index (χ0) is 9.14. The fourth-order valence-corrected chi connectivity index (χ4v) is 1.45. The molecule has 0 heterocycles. The van der Waals surface area contributed by atoms with Gasteiger partial charge in [-0.25, -0.2) is 0 Å². The van der Waals surface area contributed by atoms with Crippen LogP contribution >= 0.6 is 22.6 Å². The van der Waals surface area contributed by atoms with Gasteiger partial charge in [0.2, 0.25) is 0 Å². The van der Waals surface area contributed by atoms with Crippen molar-refractivity contribution in [2.75, 3.05) is 5.73 Å². The number of halogens is 1. The lowest BCUT2D eigenvalue weighted by molar-refractivity contribution is -0.136. The number of carboxylic acids is 1. The van der Waals surface area contributed by atoms with Gasteiger partial charge in [-0.1, -0.05) is 0 Å². The molecular formula is C8H8INO2. The van der Waals surface area contributed by atoms with Crippen molar-refractivity contribution in [3.63, 3.8) is 0 Å². The molecule has 3 N–H and O–H groups in total. The molecule has 64 valence electrons. The lowest BCUT2D eigenvalue weighted by atomic mass is 10.1. The lowest BCUT2D eigenvalue weighted by Gasteiger charge is -2.02. The molecule has 0 saturated carbocycles. The first-order chi connectivity index (χ1) is 5.59. The van der Waals surface area contributed by atoms with Gasteiger partial charge in [-0.2, -0.15) is 0 Å². The molecule has 0 radical (unpaired) electrons. The maximum atomic E-state index is 10.4. The summed E-state index contributed by atoms with van der Waals surface area (Å²) >= 11 is 2.12. The second kappa shape index (κ2) is 3.75. The van der Waals surface area contributed by atoms with Crippen LogP contribution in [0.4, 0.5) is 5.69 Å². The van der Waals surface area contributed by atoms with Gasteiger partial charge in [0.25, 0.3) is 0 Å². The number of nitrogens with two attached hydrogens (primary N) is 1. The number of hydrogen-bond acceptors (Lipinski definition) is 2. The summed E-state index contributed by atoms with van der Waals surface area (Å²) in [6.45, 7) is 0. The van der Waals surface area contributed by atoms with Crippen LogP contribution in [0.5, 0.6) is 0 Å². The third-order valence-corrected chi connectivity index (χ3v) is 2.12. The van der Waals surface area contributed by atoms with Crippen LogP contribution in [0.2, 0.25) is 0 Å². The third-order valence-electron chi connectivity index (χ3n) is 1.45. The van der Waals surface area contributed by atoms with Crippen molar-refractivity contribution in [2.24, 2.45) is 0 Å². The monoisotopic (exact) mass is 277 g/mol. The summed E-state index contributed by atoms with van der Waals surface area (Å²) in [6.07, 6.45) is -0.0112. The van der Waals surface area contributed by atoms with E-state index in [-0.39, 0.29) is 6.42 Å². The van der Waals surface area contributed by atoms with Gasteiger partial charge in [0.15, 0.2) is 0 Å². The number of carboxylic acid groups (broad SMARTS) is 1. The van der Waals surface area contributed by atoms with Crippen LogP contribution in [0.3, 0.4) is 0 Å². The summed E-state index contributed by atoms with van der Waals surface area (Å²) < 4.78 is 0.998. The van der Waals surface area contributed by atoms with Crippen molar-refractivity contribution >= 4 is 34.2 Å². The van der Waals surface area contributed by atoms with Gasteiger partial charge in [-0.3, -0.25) is 4.79 Å². The van der Waals surface area contributed by atoms with Crippen LogP contribution in [0, 0.1) is 3.57 Å². The fraction of sp³-hybridized carbons (Fsp3) is 0.125. The van der Waals surface area contributed by atoms with Gasteiger partial charge in [0, 0.05) is 9.26 Å². The van der Waals surface area contributed by atoms with Gasteiger partial charge < -0.3 is 10.8 Å². The van der Waals surface area contributed by atoms with Gasteiger partial charge in [-0.05, 0) is 46.4 Å². The predicted molar refractivity (Wildman–Crippen MR) is 54.9 cm³/mol. The summed E-state index contributed by atoms with van der Waals surface area (Å²) in [6, 6.07) is 5.35. The van der Waals surface area contributed by atoms with Crippen molar-refractivity contribution in [1.29, 1.82) is 0 Å². The molecule has 3 nitrogen and oxygen atoms in total. The second-order valence-corrected chi connectivity index (χ2v) is 3.66. The van der Waals surface area contributed by atoms with Crippen molar-refractivity contribution < 1.29 is 9.90 Å². The van der Waals surface area contributed by atoms with Crippen molar-refractivity contribution in [2.45, 2.75) is 6.42 Å². The van der Waals surface area contributed by atoms with Gasteiger partial charge >= 0.3 is 5.97 Å². The first-order valence-electron chi connectivity index (χ1n) is 3.35. The van der Waals surface area contributed by atoms with Crippen molar-refractivity contribution in [3.05, 3.63) is 27.3 Å². The van der Waals surface area contributed by atoms with Crippen LogP contribution < -0.4 is 5.73 Å². The molecule has 0 aromatic heterocycles. The highest BCUT2D eigenvalue weighted by atomic mass is 127. The molecule has 0 saturated heterocycles. The zero-order valence-electron chi connectivity index (χ0n) is 6.25. The maximum absolute atomic E-state index is 10.4. The summed E-state index contributed by atoms with van der Waals surface area (Å²) in [5.74, 6) is -0.858. The molecule has 0 aliphatic carbocycles. The Kier molecular flexibility index (Phi) is 2.91. The van der Waals surface area contributed by atoms with E-state index in [4.69, 9.17) is 10.8 Å². The minimum Gasteiger partial charge on any atom is -0.481 e. The van der Waals surface area contributed by atoms with Crippen LogP contribution in [0.1, 0.15) is 5.56 Å². The molecule has 0 spiro atoms. The SMILES string of the molecule is Nc1ccc(I)cc1CC(=O)O. The van der Waals surface area contributed by atoms with E-state index in [1.807, 2.05) is 6.07 Å². The molecule has 0 amide bonds. The summed E-state index contributed by atoms with van der Waals surface area (Å²) in [7, 11) is 0. The average molecular weight is 277 g/mol. The van der Waals surface area contributed by atoms with Gasteiger partial charge in [0.05, 0.1) is 6.42 Å². The van der Waals surface area contributed by atoms with E-state index >= 15 is 0 Å². The Hall–Kier alpha value is -0.780.